The molecule has 0 radical (unpaired) electrons. The van der Waals surface area contributed by atoms with Crippen LogP contribution in [0.2, 0.25) is 0 Å². The molecule has 0 fully saturated rings. The Kier molecular flexibility index (Phi) is 3.54. The van der Waals surface area contributed by atoms with E-state index in [1.807, 2.05) is 0 Å². The second-order valence-corrected chi connectivity index (χ2v) is 3.86. The molecular formula is C12H8F3N5O. The lowest BCUT2D eigenvalue weighted by molar-refractivity contribution is 0.357. The zero-order valence-electron chi connectivity index (χ0n) is 10.6. The van der Waals surface area contributed by atoms with Gasteiger partial charge in [-0.3, -0.25) is 0 Å². The molecule has 0 saturated carbocycles. The van der Waals surface area contributed by atoms with Crippen LogP contribution in [0.25, 0.3) is 11.3 Å². The Balaban J connectivity index is 2.89. The Morgan fingerprint density at radius 2 is 1.86 bits per heavy atom. The summed E-state index contributed by atoms with van der Waals surface area (Å²) in [4.78, 5) is 7.13. The number of nitriles is 1. The van der Waals surface area contributed by atoms with Crippen LogP contribution in [0.15, 0.2) is 6.07 Å². The predicted octanol–water partition coefficient (Wildman–Crippen LogP) is 1.61. The number of hydrogen-bond acceptors (Lipinski definition) is 6. The van der Waals surface area contributed by atoms with E-state index < -0.39 is 34.5 Å². The Bertz CT molecular complexity index is 773. The van der Waals surface area contributed by atoms with Gasteiger partial charge in [-0.1, -0.05) is 0 Å². The van der Waals surface area contributed by atoms with Crippen molar-refractivity contribution in [3.63, 3.8) is 0 Å². The lowest BCUT2D eigenvalue weighted by Gasteiger charge is -2.11. The molecule has 2 rings (SSSR count). The third-order valence-electron chi connectivity index (χ3n) is 2.64. The van der Waals surface area contributed by atoms with Crippen LogP contribution in [0.5, 0.6) is 5.75 Å². The number of ether oxygens (including phenoxy) is 1. The van der Waals surface area contributed by atoms with E-state index >= 15 is 0 Å². The molecule has 6 nitrogen and oxygen atoms in total. The molecule has 0 spiro atoms. The molecule has 1 aromatic heterocycles. The van der Waals surface area contributed by atoms with Gasteiger partial charge in [0.1, 0.15) is 29.0 Å². The minimum absolute atomic E-state index is 0.345. The van der Waals surface area contributed by atoms with E-state index in [1.165, 1.54) is 0 Å². The van der Waals surface area contributed by atoms with Gasteiger partial charge in [0.2, 0.25) is 5.95 Å². The molecule has 9 heteroatoms. The summed E-state index contributed by atoms with van der Waals surface area (Å²) in [5, 5.41) is 9.01. The third kappa shape index (κ3) is 2.27. The maximum atomic E-state index is 14.2. The van der Waals surface area contributed by atoms with Crippen LogP contribution < -0.4 is 16.2 Å². The highest BCUT2D eigenvalue weighted by Crippen LogP contribution is 2.35. The van der Waals surface area contributed by atoms with Crippen molar-refractivity contribution in [1.29, 1.82) is 5.26 Å². The van der Waals surface area contributed by atoms with Crippen LogP contribution in [0.4, 0.5) is 24.9 Å². The molecule has 0 aliphatic carbocycles. The maximum absolute atomic E-state index is 14.2. The molecule has 2 aromatic rings. The first kappa shape index (κ1) is 14.4. The Labute approximate surface area is 116 Å². The number of hydrogen-bond donors (Lipinski definition) is 2. The van der Waals surface area contributed by atoms with Crippen LogP contribution in [0, 0.1) is 28.8 Å². The fourth-order valence-electron chi connectivity index (χ4n) is 1.76. The Morgan fingerprint density at radius 3 is 2.43 bits per heavy atom. The molecule has 4 N–H and O–H groups in total. The van der Waals surface area contributed by atoms with Gasteiger partial charge in [0.25, 0.3) is 0 Å². The van der Waals surface area contributed by atoms with Gasteiger partial charge in [0.05, 0.1) is 12.7 Å². The summed E-state index contributed by atoms with van der Waals surface area (Å²) in [5.74, 6) is -5.41. The normalized spacial score (nSPS) is 10.2. The number of benzene rings is 1. The van der Waals surface area contributed by atoms with E-state index in [0.717, 1.165) is 7.11 Å². The van der Waals surface area contributed by atoms with Crippen molar-refractivity contribution in [2.45, 2.75) is 0 Å². The SMILES string of the molecule is COc1c(F)cc(F)c(-c2nc(N)nc(N)c2C#N)c1F. The number of rotatable bonds is 2. The largest absolute Gasteiger partial charge is 0.491 e. The van der Waals surface area contributed by atoms with Crippen molar-refractivity contribution in [2.75, 3.05) is 18.6 Å². The molecule has 0 saturated heterocycles. The van der Waals surface area contributed by atoms with E-state index in [0.29, 0.717) is 6.07 Å². The van der Waals surface area contributed by atoms with Crippen molar-refractivity contribution < 1.29 is 17.9 Å². The van der Waals surface area contributed by atoms with Gasteiger partial charge in [-0.2, -0.15) is 10.2 Å². The smallest absolute Gasteiger partial charge is 0.222 e. The van der Waals surface area contributed by atoms with Crippen LogP contribution in [-0.2, 0) is 0 Å². The summed E-state index contributed by atoms with van der Waals surface area (Å²) in [6, 6.07) is 2.03. The zero-order chi connectivity index (χ0) is 15.7. The molecule has 1 aromatic carbocycles. The monoisotopic (exact) mass is 295 g/mol. The van der Waals surface area contributed by atoms with Crippen LogP contribution in [0.3, 0.4) is 0 Å². The van der Waals surface area contributed by atoms with Crippen LogP contribution in [0.1, 0.15) is 5.56 Å². The zero-order valence-corrected chi connectivity index (χ0v) is 10.6. The summed E-state index contributed by atoms with van der Waals surface area (Å²) in [7, 11) is 1.01. The number of methoxy groups -OCH3 is 1. The number of nitrogens with zero attached hydrogens (tertiary/aromatic N) is 3. The predicted molar refractivity (Wildman–Crippen MR) is 67.4 cm³/mol. The average Bonchev–Trinajstić information content (AvgIpc) is 2.38. The van der Waals surface area contributed by atoms with E-state index in [1.54, 1.807) is 6.07 Å². The van der Waals surface area contributed by atoms with Crippen molar-refractivity contribution in [2.24, 2.45) is 0 Å². The standard InChI is InChI=1S/C12H8F3N5O/c1-21-10-6(14)2-5(13)7(8(10)15)9-4(3-16)11(17)20-12(18)19-9/h2H,1H3,(H4,17,18,19,20). The van der Waals surface area contributed by atoms with Crippen molar-refractivity contribution in [1.82, 2.24) is 9.97 Å². The summed E-state index contributed by atoms with van der Waals surface area (Å²) < 4.78 is 46.0. The quantitative estimate of drug-likeness (QED) is 0.870. The van der Waals surface area contributed by atoms with E-state index in [2.05, 4.69) is 14.7 Å². The lowest BCUT2D eigenvalue weighted by Crippen LogP contribution is -2.07. The van der Waals surface area contributed by atoms with E-state index in [9.17, 15) is 13.2 Å². The minimum atomic E-state index is -1.36. The Morgan fingerprint density at radius 1 is 1.19 bits per heavy atom. The fraction of sp³-hybridized carbons (Fsp3) is 0.0833. The topological polar surface area (TPSA) is 111 Å². The second kappa shape index (κ2) is 5.16. The van der Waals surface area contributed by atoms with Gasteiger partial charge < -0.3 is 16.2 Å². The number of halogens is 3. The Hall–Kier alpha value is -3.02. The van der Waals surface area contributed by atoms with Crippen molar-refractivity contribution in [3.05, 3.63) is 29.1 Å². The molecule has 0 unspecified atom stereocenters. The maximum Gasteiger partial charge on any atom is 0.222 e. The second-order valence-electron chi connectivity index (χ2n) is 3.86. The molecule has 21 heavy (non-hydrogen) atoms. The highest BCUT2D eigenvalue weighted by molar-refractivity contribution is 5.74. The van der Waals surface area contributed by atoms with Gasteiger partial charge >= 0.3 is 0 Å². The molecule has 108 valence electrons. The summed E-state index contributed by atoms with van der Waals surface area (Å²) in [5.41, 5.74) is 9.20. The highest BCUT2D eigenvalue weighted by Gasteiger charge is 2.25. The summed E-state index contributed by atoms with van der Waals surface area (Å²) in [6.07, 6.45) is 0. The van der Waals surface area contributed by atoms with Crippen LogP contribution in [-0.4, -0.2) is 17.1 Å². The molecule has 1 heterocycles. The molecule has 0 aliphatic rings. The van der Waals surface area contributed by atoms with Crippen LogP contribution >= 0.6 is 0 Å². The van der Waals surface area contributed by atoms with Crippen molar-refractivity contribution >= 4 is 11.8 Å². The summed E-state index contributed by atoms with van der Waals surface area (Å²) in [6.45, 7) is 0. The van der Waals surface area contributed by atoms with Crippen molar-refractivity contribution in [3.8, 4) is 23.1 Å². The molecule has 0 atom stereocenters. The molecule has 0 amide bonds. The first-order valence-corrected chi connectivity index (χ1v) is 5.45. The van der Waals surface area contributed by atoms with Gasteiger partial charge in [-0.25, -0.2) is 18.2 Å². The van der Waals surface area contributed by atoms with Gasteiger partial charge in [-0.05, 0) is 0 Å². The minimum Gasteiger partial charge on any atom is -0.491 e. The first-order valence-electron chi connectivity index (χ1n) is 5.45. The number of aromatic nitrogens is 2. The highest BCUT2D eigenvalue weighted by atomic mass is 19.1. The van der Waals surface area contributed by atoms with E-state index in [4.69, 9.17) is 16.7 Å². The first-order chi connectivity index (χ1) is 9.90. The summed E-state index contributed by atoms with van der Waals surface area (Å²) >= 11 is 0. The van der Waals surface area contributed by atoms with Gasteiger partial charge in [0.15, 0.2) is 17.4 Å². The number of nitrogen functional groups attached to an aromatic ring is 2. The molecular weight excluding hydrogens is 287 g/mol. The number of anilines is 2. The van der Waals surface area contributed by atoms with Gasteiger partial charge in [-0.15, -0.1) is 0 Å². The third-order valence-corrected chi connectivity index (χ3v) is 2.64. The number of nitrogens with two attached hydrogens (primary N) is 2. The van der Waals surface area contributed by atoms with Gasteiger partial charge in [0, 0.05) is 6.07 Å². The average molecular weight is 295 g/mol. The fourth-order valence-corrected chi connectivity index (χ4v) is 1.76. The lowest BCUT2D eigenvalue weighted by atomic mass is 10.0. The van der Waals surface area contributed by atoms with E-state index in [-0.39, 0.29) is 17.3 Å². The molecule has 0 aliphatic heterocycles. The molecule has 0 bridgehead atoms.